The number of nitrogens with one attached hydrogen (secondary N) is 1. The first-order chi connectivity index (χ1) is 13.2. The molecule has 0 atom stereocenters. The first kappa shape index (κ1) is 20.9. The number of pyridine rings is 1. The van der Waals surface area contributed by atoms with Crippen LogP contribution < -0.4 is 9.74 Å². The van der Waals surface area contributed by atoms with Gasteiger partial charge in [0.15, 0.2) is 0 Å². The Labute approximate surface area is 170 Å². The van der Waals surface area contributed by atoms with Crippen molar-refractivity contribution in [3.63, 3.8) is 0 Å². The quantitative estimate of drug-likeness (QED) is 0.505. The van der Waals surface area contributed by atoms with Gasteiger partial charge in [0.05, 0.1) is 16.9 Å². The predicted molar refractivity (Wildman–Crippen MR) is 120 cm³/mol. The zero-order chi connectivity index (χ0) is 20.5. The number of nitrogens with zero attached hydrogens (tertiary/aromatic N) is 1. The Hall–Kier alpha value is -1.85. The highest BCUT2D eigenvalue weighted by molar-refractivity contribution is 6.74. The number of unbranched alkanes of at least 4 members (excludes halogenated alkanes) is 1. The number of aliphatic hydroxyl groups is 1. The molecule has 2 aromatic rings. The predicted octanol–water partition coefficient (Wildman–Crippen LogP) is 5.40. The van der Waals surface area contributed by atoms with Crippen LogP contribution in [0, 0.1) is 0 Å². The molecule has 2 N–H and O–H groups in total. The van der Waals surface area contributed by atoms with Crippen LogP contribution in [0.15, 0.2) is 24.3 Å². The van der Waals surface area contributed by atoms with Gasteiger partial charge in [-0.1, -0.05) is 33.8 Å². The van der Waals surface area contributed by atoms with Crippen LogP contribution in [0.5, 0.6) is 5.75 Å². The van der Waals surface area contributed by atoms with Crippen LogP contribution in [0.1, 0.15) is 57.4 Å². The highest BCUT2D eigenvalue weighted by Gasteiger charge is 2.39. The minimum atomic E-state index is -1.87. The summed E-state index contributed by atoms with van der Waals surface area (Å²) in [4.78, 5) is 4.97. The van der Waals surface area contributed by atoms with E-state index >= 15 is 0 Å². The van der Waals surface area contributed by atoms with Crippen LogP contribution >= 0.6 is 0 Å². The third kappa shape index (κ3) is 3.96. The highest BCUT2D eigenvalue weighted by atomic mass is 28.4. The number of allylic oxidation sites excluding steroid dienone is 1. The van der Waals surface area contributed by atoms with Crippen molar-refractivity contribution in [2.75, 3.05) is 6.61 Å². The molecule has 1 aliphatic heterocycles. The maximum Gasteiger partial charge on any atom is 0.250 e. The van der Waals surface area contributed by atoms with Gasteiger partial charge in [-0.05, 0) is 61.2 Å². The highest BCUT2D eigenvalue weighted by Crippen LogP contribution is 2.39. The van der Waals surface area contributed by atoms with E-state index in [9.17, 15) is 0 Å². The van der Waals surface area contributed by atoms with E-state index in [4.69, 9.17) is 14.5 Å². The van der Waals surface area contributed by atoms with Gasteiger partial charge in [0.1, 0.15) is 5.75 Å². The van der Waals surface area contributed by atoms with Gasteiger partial charge in [-0.25, -0.2) is 4.98 Å². The molecule has 1 aliphatic rings. The average molecular weight is 399 g/mol. The molecule has 0 aliphatic carbocycles. The molecule has 3 rings (SSSR count). The van der Waals surface area contributed by atoms with E-state index < -0.39 is 8.32 Å². The molecule has 1 aromatic heterocycles. The second-order valence-corrected chi connectivity index (χ2v) is 13.9. The monoisotopic (exact) mass is 398 g/mol. The molecule has 152 valence electrons. The Morgan fingerprint density at radius 2 is 2.04 bits per heavy atom. The Morgan fingerprint density at radius 1 is 1.29 bits per heavy atom. The third-order valence-corrected chi connectivity index (χ3v) is 10.5. The molecule has 2 heterocycles. The van der Waals surface area contributed by atoms with Crippen LogP contribution in [-0.4, -0.2) is 25.0 Å². The zero-order valence-corrected chi connectivity index (χ0v) is 19.1. The van der Waals surface area contributed by atoms with Crippen LogP contribution in [0.4, 0.5) is 0 Å². The van der Waals surface area contributed by atoms with Crippen molar-refractivity contribution in [3.8, 4) is 5.75 Å². The summed E-state index contributed by atoms with van der Waals surface area (Å²) >= 11 is 0. The lowest BCUT2D eigenvalue weighted by atomic mass is 9.99. The van der Waals surface area contributed by atoms with Crippen molar-refractivity contribution in [3.05, 3.63) is 41.1 Å². The third-order valence-electron chi connectivity index (χ3n) is 6.13. The number of hydrogen-bond acceptors (Lipinski definition) is 4. The molecule has 0 bridgehead atoms. The summed E-state index contributed by atoms with van der Waals surface area (Å²) in [6.07, 6.45) is 4.77. The number of rotatable bonds is 6. The van der Waals surface area contributed by atoms with Gasteiger partial charge in [-0.2, -0.15) is 0 Å². The van der Waals surface area contributed by atoms with E-state index in [1.54, 1.807) is 0 Å². The molecule has 0 amide bonds. The normalized spacial score (nSPS) is 15.8. The van der Waals surface area contributed by atoms with Crippen molar-refractivity contribution in [1.82, 2.24) is 10.3 Å². The van der Waals surface area contributed by atoms with Gasteiger partial charge in [-0.15, -0.1) is 0 Å². The molecule has 0 saturated heterocycles. The first-order valence-corrected chi connectivity index (χ1v) is 13.3. The number of aryl methyl sites for hydroxylation is 1. The maximum atomic E-state index is 9.04. The lowest BCUT2D eigenvalue weighted by molar-refractivity contribution is 0.289. The van der Waals surface area contributed by atoms with Gasteiger partial charge in [-0.3, -0.25) is 0 Å². The lowest BCUT2D eigenvalue weighted by Gasteiger charge is -2.36. The van der Waals surface area contributed by atoms with Crippen molar-refractivity contribution in [1.29, 1.82) is 0 Å². The summed E-state index contributed by atoms with van der Waals surface area (Å²) in [6, 6.07) is 6.36. The lowest BCUT2D eigenvalue weighted by Crippen LogP contribution is -2.43. The Kier molecular flexibility index (Phi) is 5.87. The number of benzene rings is 1. The molecule has 0 saturated carbocycles. The molecule has 0 fully saturated rings. The average Bonchev–Trinajstić information content (AvgIpc) is 3.01. The number of hydrogen-bond donors (Lipinski definition) is 2. The van der Waals surface area contributed by atoms with Crippen LogP contribution in [0.2, 0.25) is 18.1 Å². The second-order valence-electron chi connectivity index (χ2n) is 9.15. The summed E-state index contributed by atoms with van der Waals surface area (Å²) in [5.74, 6) is 0.959. The molecule has 0 radical (unpaired) electrons. The molecular formula is C23H34N2O2Si. The molecule has 1 aromatic carbocycles. The van der Waals surface area contributed by atoms with E-state index in [-0.39, 0.29) is 11.6 Å². The van der Waals surface area contributed by atoms with Crippen LogP contribution in [0.25, 0.3) is 16.6 Å². The molecule has 0 spiro atoms. The number of fused-ring (bicyclic) bond motifs is 2. The van der Waals surface area contributed by atoms with Crippen LogP contribution in [-0.2, 0) is 13.0 Å². The number of aromatic nitrogens is 1. The number of aliphatic hydroxyl groups excluding tert-OH is 1. The van der Waals surface area contributed by atoms with Crippen molar-refractivity contribution >= 4 is 24.9 Å². The summed E-state index contributed by atoms with van der Waals surface area (Å²) in [5, 5.41) is 13.9. The summed E-state index contributed by atoms with van der Waals surface area (Å²) in [7, 11) is -1.87. The Balaban J connectivity index is 2.03. The van der Waals surface area contributed by atoms with E-state index in [0.29, 0.717) is 0 Å². The standard InChI is InChI=1S/C23H34N2O2Si/c1-7-17-18-14-16(27-28(5,6)23(2,3)4)11-12-20(18)25-22-19(17)15-24-21(22)10-8-9-13-26/h10-12,14,24,26H,7-9,13,15H2,1-6H3/b21-10-. The van der Waals surface area contributed by atoms with Gasteiger partial charge in [0.25, 0.3) is 0 Å². The van der Waals surface area contributed by atoms with E-state index in [1.165, 1.54) is 16.5 Å². The van der Waals surface area contributed by atoms with Crippen molar-refractivity contribution in [2.24, 2.45) is 0 Å². The molecule has 4 nitrogen and oxygen atoms in total. The van der Waals surface area contributed by atoms with Gasteiger partial charge in [0, 0.05) is 24.1 Å². The molecule has 28 heavy (non-hydrogen) atoms. The summed E-state index contributed by atoms with van der Waals surface area (Å²) < 4.78 is 6.54. The van der Waals surface area contributed by atoms with Gasteiger partial charge >= 0.3 is 0 Å². The van der Waals surface area contributed by atoms with Crippen molar-refractivity contribution in [2.45, 2.75) is 71.6 Å². The van der Waals surface area contributed by atoms with E-state index in [2.05, 4.69) is 70.4 Å². The first-order valence-electron chi connectivity index (χ1n) is 10.4. The topological polar surface area (TPSA) is 54.4 Å². The van der Waals surface area contributed by atoms with Crippen molar-refractivity contribution < 1.29 is 9.53 Å². The minimum absolute atomic E-state index is 0.171. The summed E-state index contributed by atoms with van der Waals surface area (Å²) in [5.41, 5.74) is 5.85. The Morgan fingerprint density at radius 3 is 2.68 bits per heavy atom. The molecular weight excluding hydrogens is 364 g/mol. The fourth-order valence-corrected chi connectivity index (χ4v) is 4.47. The maximum absolute atomic E-state index is 9.04. The summed E-state index contributed by atoms with van der Waals surface area (Å²) in [6.45, 7) is 14.6. The largest absolute Gasteiger partial charge is 0.543 e. The molecule has 0 unspecified atom stereocenters. The van der Waals surface area contributed by atoms with Crippen LogP contribution in [0.3, 0.4) is 0 Å². The fraction of sp³-hybridized carbons (Fsp3) is 0.522. The van der Waals surface area contributed by atoms with Gasteiger partial charge < -0.3 is 14.8 Å². The van der Waals surface area contributed by atoms with E-state index in [1.807, 2.05) is 0 Å². The molecule has 5 heteroatoms. The Bertz CT molecular complexity index is 898. The zero-order valence-electron chi connectivity index (χ0n) is 18.1. The fourth-order valence-electron chi connectivity index (χ4n) is 3.45. The van der Waals surface area contributed by atoms with Gasteiger partial charge in [0.2, 0.25) is 8.32 Å². The SMILES string of the molecule is CCc1c2c(nc3ccc(O[Si](C)(C)C(C)(C)C)cc13)/C(=C/CCCO)NC2. The second kappa shape index (κ2) is 7.88. The smallest absolute Gasteiger partial charge is 0.250 e. The minimum Gasteiger partial charge on any atom is -0.543 e. The van der Waals surface area contributed by atoms with E-state index in [0.717, 1.165) is 48.5 Å².